The summed E-state index contributed by atoms with van der Waals surface area (Å²) in [5.41, 5.74) is 1.09. The van der Waals surface area contributed by atoms with Crippen molar-refractivity contribution in [3.8, 4) is 0 Å². The molecule has 1 N–H and O–H groups in total. The molecule has 3 rings (SSSR count). The normalized spacial score (nSPS) is 11.1. The third-order valence-corrected chi connectivity index (χ3v) is 2.11. The number of aromatic nitrogens is 4. The van der Waals surface area contributed by atoms with Crippen molar-refractivity contribution in [3.63, 3.8) is 0 Å². The van der Waals surface area contributed by atoms with Crippen LogP contribution in [0.4, 0.5) is 0 Å². The Morgan fingerprint density at radius 1 is 1.29 bits per heavy atom. The number of benzene rings is 1. The van der Waals surface area contributed by atoms with Crippen LogP contribution in [0.25, 0.3) is 16.6 Å². The minimum atomic E-state index is -0.358. The van der Waals surface area contributed by atoms with Gasteiger partial charge in [-0.05, 0) is 12.1 Å². The minimum Gasteiger partial charge on any atom is -0.244 e. The van der Waals surface area contributed by atoms with Gasteiger partial charge in [-0.25, -0.2) is 19.4 Å². The van der Waals surface area contributed by atoms with Crippen molar-refractivity contribution in [1.82, 2.24) is 19.6 Å². The number of H-pyrrole nitrogens is 1. The zero-order valence-corrected chi connectivity index (χ0v) is 7.14. The quantitative estimate of drug-likeness (QED) is 0.558. The van der Waals surface area contributed by atoms with Crippen molar-refractivity contribution in [1.29, 1.82) is 0 Å². The molecule has 1 aromatic carbocycles. The van der Waals surface area contributed by atoms with Gasteiger partial charge in [0.2, 0.25) is 0 Å². The Balaban J connectivity index is 2.66. The van der Waals surface area contributed by atoms with Crippen LogP contribution in [-0.2, 0) is 0 Å². The molecule has 5 heteroatoms. The molecule has 3 aromatic rings. The molecule has 0 unspecified atom stereocenters. The van der Waals surface area contributed by atoms with E-state index in [9.17, 15) is 4.79 Å². The average Bonchev–Trinajstić information content (AvgIpc) is 2.59. The summed E-state index contributed by atoms with van der Waals surface area (Å²) in [5, 5.41) is 3.41. The van der Waals surface area contributed by atoms with Gasteiger partial charge >= 0.3 is 5.69 Å². The summed E-state index contributed by atoms with van der Waals surface area (Å²) < 4.78 is 1.52. The largest absolute Gasteiger partial charge is 0.362 e. The second-order valence-electron chi connectivity index (χ2n) is 2.98. The molecule has 68 valence electrons. The lowest BCUT2D eigenvalue weighted by Gasteiger charge is -1.96. The maximum absolute atomic E-state index is 11.0. The highest BCUT2D eigenvalue weighted by molar-refractivity contribution is 5.90. The van der Waals surface area contributed by atoms with Gasteiger partial charge in [-0.2, -0.15) is 4.98 Å². The van der Waals surface area contributed by atoms with Gasteiger partial charge in [0.15, 0.2) is 5.65 Å². The number of hydrogen-bond acceptors (Lipinski definition) is 3. The van der Waals surface area contributed by atoms with Crippen molar-refractivity contribution in [2.24, 2.45) is 0 Å². The minimum absolute atomic E-state index is 0.358. The topological polar surface area (TPSA) is 63.1 Å². The molecule has 0 saturated carbocycles. The van der Waals surface area contributed by atoms with E-state index in [-0.39, 0.29) is 5.69 Å². The van der Waals surface area contributed by atoms with Crippen LogP contribution in [0.2, 0.25) is 0 Å². The molecule has 0 aliphatic carbocycles. The van der Waals surface area contributed by atoms with E-state index in [1.165, 1.54) is 4.52 Å². The van der Waals surface area contributed by atoms with E-state index in [4.69, 9.17) is 0 Å². The van der Waals surface area contributed by atoms with E-state index in [2.05, 4.69) is 15.1 Å². The molecule has 0 saturated heterocycles. The lowest BCUT2D eigenvalue weighted by Crippen LogP contribution is -2.01. The maximum atomic E-state index is 11.0. The van der Waals surface area contributed by atoms with Crippen molar-refractivity contribution in [2.75, 3.05) is 0 Å². The third kappa shape index (κ3) is 0.861. The van der Waals surface area contributed by atoms with Crippen molar-refractivity contribution >= 4 is 16.6 Å². The summed E-state index contributed by atoms with van der Waals surface area (Å²) in [5.74, 6) is 0. The van der Waals surface area contributed by atoms with Gasteiger partial charge in [0.25, 0.3) is 0 Å². The molecular formula is C9H6N4O. The molecule has 0 aliphatic rings. The number of fused-ring (bicyclic) bond motifs is 3. The van der Waals surface area contributed by atoms with Crippen LogP contribution in [0.5, 0.6) is 0 Å². The number of para-hydroxylation sites is 1. The van der Waals surface area contributed by atoms with E-state index >= 15 is 0 Å². The van der Waals surface area contributed by atoms with Gasteiger partial charge in [0, 0.05) is 5.39 Å². The molecule has 14 heavy (non-hydrogen) atoms. The van der Waals surface area contributed by atoms with Crippen molar-refractivity contribution < 1.29 is 0 Å². The first-order chi connectivity index (χ1) is 6.84. The van der Waals surface area contributed by atoms with Crippen LogP contribution in [0.3, 0.4) is 0 Å². The predicted octanol–water partition coefficient (Wildman–Crippen LogP) is 0.571. The maximum Gasteiger partial charge on any atom is 0.362 e. The van der Waals surface area contributed by atoms with E-state index in [1.807, 2.05) is 24.3 Å². The number of hydrogen-bond donors (Lipinski definition) is 1. The van der Waals surface area contributed by atoms with Gasteiger partial charge in [-0.1, -0.05) is 12.1 Å². The number of nitrogens with one attached hydrogen (secondary N) is 1. The second kappa shape index (κ2) is 2.41. The van der Waals surface area contributed by atoms with Gasteiger partial charge in [0.05, 0.1) is 5.52 Å². The summed E-state index contributed by atoms with van der Waals surface area (Å²) in [6.45, 7) is 0. The monoisotopic (exact) mass is 186 g/mol. The fraction of sp³-hybridized carbons (Fsp3) is 0. The molecule has 2 heterocycles. The number of nitrogens with zero attached hydrogens (tertiary/aromatic N) is 3. The zero-order valence-electron chi connectivity index (χ0n) is 7.14. The highest BCUT2D eigenvalue weighted by Crippen LogP contribution is 2.13. The Bertz CT molecular complexity index is 667. The SMILES string of the molecule is O=c1nc2c3ccccc3ncn2[nH]1. The van der Waals surface area contributed by atoms with Crippen LogP contribution >= 0.6 is 0 Å². The molecule has 0 amide bonds. The summed E-state index contributed by atoms with van der Waals surface area (Å²) in [4.78, 5) is 19.0. The average molecular weight is 186 g/mol. The Hall–Kier alpha value is -2.17. The van der Waals surface area contributed by atoms with Crippen molar-refractivity contribution in [3.05, 3.63) is 41.1 Å². The van der Waals surface area contributed by atoms with Gasteiger partial charge in [-0.3, -0.25) is 0 Å². The fourth-order valence-corrected chi connectivity index (χ4v) is 1.50. The Kier molecular flexibility index (Phi) is 1.25. The summed E-state index contributed by atoms with van der Waals surface area (Å²) in [6, 6.07) is 7.56. The number of rotatable bonds is 0. The van der Waals surface area contributed by atoms with E-state index in [0.717, 1.165) is 10.9 Å². The zero-order chi connectivity index (χ0) is 9.54. The lowest BCUT2D eigenvalue weighted by atomic mass is 10.2. The highest BCUT2D eigenvalue weighted by Gasteiger charge is 2.03. The molecule has 0 atom stereocenters. The molecule has 0 fully saturated rings. The van der Waals surface area contributed by atoms with E-state index < -0.39 is 0 Å². The van der Waals surface area contributed by atoms with Crippen molar-refractivity contribution in [2.45, 2.75) is 0 Å². The first kappa shape index (κ1) is 7.25. The Morgan fingerprint density at radius 3 is 3.07 bits per heavy atom. The lowest BCUT2D eigenvalue weighted by molar-refractivity contribution is 0.912. The second-order valence-corrected chi connectivity index (χ2v) is 2.98. The molecule has 0 bridgehead atoms. The van der Waals surface area contributed by atoms with Crippen LogP contribution in [0.1, 0.15) is 0 Å². The van der Waals surface area contributed by atoms with Gasteiger partial charge in [-0.15, -0.1) is 0 Å². The molecular weight excluding hydrogens is 180 g/mol. The molecule has 0 spiro atoms. The highest BCUT2D eigenvalue weighted by atomic mass is 16.1. The Labute approximate surface area is 78.0 Å². The van der Waals surface area contributed by atoms with Crippen LogP contribution in [0, 0.1) is 0 Å². The van der Waals surface area contributed by atoms with E-state index in [0.29, 0.717) is 5.65 Å². The molecule has 2 aromatic heterocycles. The summed E-state index contributed by atoms with van der Waals surface area (Å²) in [7, 11) is 0. The molecule has 0 aliphatic heterocycles. The van der Waals surface area contributed by atoms with E-state index in [1.54, 1.807) is 6.33 Å². The summed E-state index contributed by atoms with van der Waals surface area (Å²) in [6.07, 6.45) is 1.55. The smallest absolute Gasteiger partial charge is 0.244 e. The van der Waals surface area contributed by atoms with Gasteiger partial charge in [0.1, 0.15) is 6.33 Å². The predicted molar refractivity (Wildman–Crippen MR) is 51.1 cm³/mol. The van der Waals surface area contributed by atoms with Crippen LogP contribution in [-0.4, -0.2) is 19.6 Å². The van der Waals surface area contributed by atoms with Crippen LogP contribution in [0.15, 0.2) is 35.4 Å². The van der Waals surface area contributed by atoms with Crippen LogP contribution < -0.4 is 5.69 Å². The standard InChI is InChI=1S/C9H6N4O/c14-9-11-8-6-3-1-2-4-7(6)10-5-13(8)12-9/h1-5H,(H,12,14). The summed E-state index contributed by atoms with van der Waals surface area (Å²) >= 11 is 0. The molecule has 0 radical (unpaired) electrons. The third-order valence-electron chi connectivity index (χ3n) is 2.11. The fourth-order valence-electron chi connectivity index (χ4n) is 1.50. The number of aromatic amines is 1. The first-order valence-corrected chi connectivity index (χ1v) is 4.17. The Morgan fingerprint density at radius 2 is 2.14 bits per heavy atom. The van der Waals surface area contributed by atoms with Gasteiger partial charge < -0.3 is 0 Å². The molecule has 5 nitrogen and oxygen atoms in total. The first-order valence-electron chi connectivity index (χ1n) is 4.17.